The van der Waals surface area contributed by atoms with Crippen molar-refractivity contribution in [1.82, 2.24) is 25.0 Å². The monoisotopic (exact) mass is 277 g/mol. The molecule has 1 spiro atoms. The second kappa shape index (κ2) is 5.52. The molecule has 2 fully saturated rings. The van der Waals surface area contributed by atoms with Crippen LogP contribution < -0.4 is 5.32 Å². The summed E-state index contributed by atoms with van der Waals surface area (Å²) in [5, 5.41) is 7.58. The number of piperazine rings is 1. The van der Waals surface area contributed by atoms with Crippen LogP contribution in [0.2, 0.25) is 0 Å². The smallest absolute Gasteiger partial charge is 0.247 e. The first-order valence-corrected chi connectivity index (χ1v) is 7.59. The van der Waals surface area contributed by atoms with Crippen molar-refractivity contribution >= 4 is 5.91 Å². The van der Waals surface area contributed by atoms with E-state index in [0.717, 1.165) is 32.5 Å². The molecule has 1 unspecified atom stereocenters. The van der Waals surface area contributed by atoms with Gasteiger partial charge in [-0.05, 0) is 19.8 Å². The van der Waals surface area contributed by atoms with Gasteiger partial charge in [0.05, 0.1) is 5.54 Å². The zero-order valence-corrected chi connectivity index (χ0v) is 12.1. The van der Waals surface area contributed by atoms with Crippen molar-refractivity contribution in [2.75, 3.05) is 19.6 Å². The highest BCUT2D eigenvalue weighted by atomic mass is 16.2. The van der Waals surface area contributed by atoms with E-state index in [4.69, 9.17) is 0 Å². The van der Waals surface area contributed by atoms with E-state index >= 15 is 0 Å². The van der Waals surface area contributed by atoms with Gasteiger partial charge in [0, 0.05) is 19.6 Å². The lowest BCUT2D eigenvalue weighted by molar-refractivity contribution is -0.144. The van der Waals surface area contributed by atoms with Gasteiger partial charge in [0.1, 0.15) is 18.7 Å². The van der Waals surface area contributed by atoms with Crippen LogP contribution >= 0.6 is 0 Å². The molecule has 110 valence electrons. The molecule has 0 bridgehead atoms. The Kier molecular flexibility index (Phi) is 3.74. The van der Waals surface area contributed by atoms with Gasteiger partial charge >= 0.3 is 0 Å². The van der Waals surface area contributed by atoms with Crippen LogP contribution in [0.15, 0.2) is 12.7 Å². The molecule has 0 radical (unpaired) electrons. The highest BCUT2D eigenvalue weighted by Gasteiger charge is 2.43. The van der Waals surface area contributed by atoms with Gasteiger partial charge in [0.2, 0.25) is 5.91 Å². The second-order valence-corrected chi connectivity index (χ2v) is 6.00. The third kappa shape index (κ3) is 2.32. The molecule has 1 saturated carbocycles. The average molecular weight is 277 g/mol. The fraction of sp³-hybridized carbons (Fsp3) is 0.786. The molecule has 1 amide bonds. The number of hydrogen-bond acceptors (Lipinski definition) is 4. The number of carbonyl (C=O) groups is 1. The van der Waals surface area contributed by atoms with Gasteiger partial charge in [0.15, 0.2) is 0 Å². The molecular weight excluding hydrogens is 254 g/mol. The summed E-state index contributed by atoms with van der Waals surface area (Å²) >= 11 is 0. The largest absolute Gasteiger partial charge is 0.333 e. The molecule has 20 heavy (non-hydrogen) atoms. The molecule has 0 aromatic carbocycles. The molecule has 1 aliphatic heterocycles. The maximum Gasteiger partial charge on any atom is 0.247 e. The number of hydrogen-bond donors (Lipinski definition) is 1. The highest BCUT2D eigenvalue weighted by Crippen LogP contribution is 2.35. The van der Waals surface area contributed by atoms with Crippen LogP contribution in [0.1, 0.15) is 45.1 Å². The van der Waals surface area contributed by atoms with E-state index in [1.807, 2.05) is 6.92 Å². The molecule has 1 aromatic heterocycles. The van der Waals surface area contributed by atoms with Gasteiger partial charge in [0.25, 0.3) is 0 Å². The number of amides is 1. The van der Waals surface area contributed by atoms with E-state index in [2.05, 4.69) is 20.3 Å². The van der Waals surface area contributed by atoms with E-state index in [1.54, 1.807) is 11.0 Å². The van der Waals surface area contributed by atoms with Crippen molar-refractivity contribution in [3.8, 4) is 0 Å². The van der Waals surface area contributed by atoms with E-state index in [9.17, 15) is 4.79 Å². The first-order chi connectivity index (χ1) is 9.73. The van der Waals surface area contributed by atoms with Gasteiger partial charge in [-0.25, -0.2) is 9.67 Å². The van der Waals surface area contributed by atoms with Crippen LogP contribution in [0, 0.1) is 0 Å². The zero-order chi connectivity index (χ0) is 14.0. The van der Waals surface area contributed by atoms with E-state index in [1.165, 1.54) is 25.6 Å². The summed E-state index contributed by atoms with van der Waals surface area (Å²) in [5.74, 6) is 0.180. The van der Waals surface area contributed by atoms with E-state index in [0.29, 0.717) is 0 Å². The second-order valence-electron chi connectivity index (χ2n) is 6.00. The van der Waals surface area contributed by atoms with Crippen molar-refractivity contribution in [3.63, 3.8) is 0 Å². The summed E-state index contributed by atoms with van der Waals surface area (Å²) in [6.07, 6.45) is 9.09. The van der Waals surface area contributed by atoms with Crippen LogP contribution in [-0.4, -0.2) is 50.7 Å². The maximum absolute atomic E-state index is 12.9. The number of nitrogens with zero attached hydrogens (tertiary/aromatic N) is 4. The first kappa shape index (κ1) is 13.5. The summed E-state index contributed by atoms with van der Waals surface area (Å²) in [6.45, 7) is 4.54. The summed E-state index contributed by atoms with van der Waals surface area (Å²) in [6, 6.07) is -0.269. The van der Waals surface area contributed by atoms with Gasteiger partial charge in [-0.2, -0.15) is 5.10 Å². The molecule has 3 rings (SSSR count). The standard InChI is InChI=1S/C14H23N5O/c1-12(19-11-16-10-17-19)13(20)18-8-7-15-9-14(18)5-3-2-4-6-14/h10-12,15H,2-9H2,1H3. The average Bonchev–Trinajstić information content (AvgIpc) is 3.01. The van der Waals surface area contributed by atoms with E-state index < -0.39 is 0 Å². The van der Waals surface area contributed by atoms with Crippen molar-refractivity contribution in [3.05, 3.63) is 12.7 Å². The number of rotatable bonds is 2. The van der Waals surface area contributed by atoms with Crippen LogP contribution in [0.25, 0.3) is 0 Å². The predicted molar refractivity (Wildman–Crippen MR) is 75.1 cm³/mol. The first-order valence-electron chi connectivity index (χ1n) is 7.59. The predicted octanol–water partition coefficient (Wildman–Crippen LogP) is 0.974. The fourth-order valence-corrected chi connectivity index (χ4v) is 3.60. The minimum absolute atomic E-state index is 0.0302. The number of carbonyl (C=O) groups excluding carboxylic acids is 1. The molecule has 1 aromatic rings. The third-order valence-corrected chi connectivity index (χ3v) is 4.78. The van der Waals surface area contributed by atoms with Gasteiger partial charge < -0.3 is 10.2 Å². The summed E-state index contributed by atoms with van der Waals surface area (Å²) in [7, 11) is 0. The molecule has 1 saturated heterocycles. The minimum Gasteiger partial charge on any atom is -0.333 e. The van der Waals surface area contributed by atoms with E-state index in [-0.39, 0.29) is 17.5 Å². The highest BCUT2D eigenvalue weighted by molar-refractivity contribution is 5.81. The summed E-state index contributed by atoms with van der Waals surface area (Å²) in [5.41, 5.74) is 0.0302. The Hall–Kier alpha value is -1.43. The molecule has 6 nitrogen and oxygen atoms in total. The zero-order valence-electron chi connectivity index (χ0n) is 12.1. The van der Waals surface area contributed by atoms with Crippen LogP contribution in [0.5, 0.6) is 0 Å². The molecule has 2 heterocycles. The number of nitrogens with one attached hydrogen (secondary N) is 1. The lowest BCUT2D eigenvalue weighted by atomic mass is 9.78. The van der Waals surface area contributed by atoms with Crippen molar-refractivity contribution in [1.29, 1.82) is 0 Å². The Labute approximate surface area is 119 Å². The van der Waals surface area contributed by atoms with Gasteiger partial charge in [-0.15, -0.1) is 0 Å². The Morgan fingerprint density at radius 2 is 2.15 bits per heavy atom. The Morgan fingerprint density at radius 1 is 1.35 bits per heavy atom. The summed E-state index contributed by atoms with van der Waals surface area (Å²) < 4.78 is 1.65. The van der Waals surface area contributed by atoms with Crippen molar-refractivity contribution in [2.45, 2.75) is 50.6 Å². The summed E-state index contributed by atoms with van der Waals surface area (Å²) in [4.78, 5) is 18.9. The topological polar surface area (TPSA) is 63.1 Å². The SMILES string of the molecule is CC(C(=O)N1CCNCC12CCCCC2)n1cncn1. The minimum atomic E-state index is -0.269. The molecule has 2 aliphatic rings. The molecule has 1 aliphatic carbocycles. The number of aromatic nitrogens is 3. The lowest BCUT2D eigenvalue weighted by Crippen LogP contribution is -2.64. The van der Waals surface area contributed by atoms with Gasteiger partial charge in [-0.1, -0.05) is 19.3 Å². The molecule has 1 N–H and O–H groups in total. The quantitative estimate of drug-likeness (QED) is 0.875. The fourth-order valence-electron chi connectivity index (χ4n) is 3.60. The van der Waals surface area contributed by atoms with Crippen molar-refractivity contribution in [2.24, 2.45) is 0 Å². The van der Waals surface area contributed by atoms with Crippen LogP contribution in [0.3, 0.4) is 0 Å². The normalized spacial score (nSPS) is 23.8. The lowest BCUT2D eigenvalue weighted by Gasteiger charge is -2.50. The van der Waals surface area contributed by atoms with Gasteiger partial charge in [-0.3, -0.25) is 4.79 Å². The Bertz CT molecular complexity index is 444. The Morgan fingerprint density at radius 3 is 2.85 bits per heavy atom. The van der Waals surface area contributed by atoms with Crippen LogP contribution in [0.4, 0.5) is 0 Å². The maximum atomic E-state index is 12.9. The Balaban J connectivity index is 1.80. The molecule has 6 heteroatoms. The third-order valence-electron chi connectivity index (χ3n) is 4.78. The van der Waals surface area contributed by atoms with Crippen LogP contribution in [-0.2, 0) is 4.79 Å². The van der Waals surface area contributed by atoms with Crippen molar-refractivity contribution < 1.29 is 4.79 Å². The molecule has 1 atom stereocenters. The molecular formula is C14H23N5O.